The second-order valence-electron chi connectivity index (χ2n) is 6.68. The van der Waals surface area contributed by atoms with Crippen molar-refractivity contribution in [2.45, 2.75) is 26.3 Å². The lowest BCUT2D eigenvalue weighted by molar-refractivity contribution is -0.128. The summed E-state index contributed by atoms with van der Waals surface area (Å²) in [5.41, 5.74) is 1.12. The summed E-state index contributed by atoms with van der Waals surface area (Å²) >= 11 is 0. The van der Waals surface area contributed by atoms with Gasteiger partial charge in [0.25, 0.3) is 0 Å². The molecule has 1 amide bonds. The number of halogens is 1. The smallest absolute Gasteiger partial charge is 0.241 e. The van der Waals surface area contributed by atoms with Crippen LogP contribution in [0.25, 0.3) is 10.8 Å². The first kappa shape index (κ1) is 22.3. The number of methoxy groups -OCH3 is 1. The molecule has 7 heteroatoms. The van der Waals surface area contributed by atoms with E-state index in [1.54, 1.807) is 7.11 Å². The van der Waals surface area contributed by atoms with Crippen LogP contribution in [0.15, 0.2) is 41.4 Å². The van der Waals surface area contributed by atoms with E-state index in [0.717, 1.165) is 54.6 Å². The lowest BCUT2D eigenvalue weighted by Gasteiger charge is -2.17. The molecule has 0 unspecified atom stereocenters. The summed E-state index contributed by atoms with van der Waals surface area (Å²) in [5, 5.41) is 8.65. The minimum atomic E-state index is 0. The number of likely N-dealkylation sites (tertiary alicyclic amines) is 1. The Kier molecular flexibility index (Phi) is 8.82. The molecule has 1 fully saturated rings. The average molecular weight is 496 g/mol. The molecule has 3 rings (SSSR count). The summed E-state index contributed by atoms with van der Waals surface area (Å²) in [4.78, 5) is 18.7. The maximum atomic E-state index is 12.2. The average Bonchev–Trinajstić information content (AvgIpc) is 3.24. The van der Waals surface area contributed by atoms with Gasteiger partial charge in [-0.3, -0.25) is 4.79 Å². The fourth-order valence-corrected chi connectivity index (χ4v) is 3.25. The van der Waals surface area contributed by atoms with Crippen molar-refractivity contribution in [3.05, 3.63) is 42.0 Å². The number of amides is 1. The van der Waals surface area contributed by atoms with Gasteiger partial charge in [0.1, 0.15) is 5.75 Å². The third kappa shape index (κ3) is 5.98. The summed E-state index contributed by atoms with van der Waals surface area (Å²) in [6.07, 6.45) is 2.21. The monoisotopic (exact) mass is 496 g/mol. The quantitative estimate of drug-likeness (QED) is 0.367. The van der Waals surface area contributed by atoms with Gasteiger partial charge in [-0.05, 0) is 54.3 Å². The van der Waals surface area contributed by atoms with Crippen molar-refractivity contribution in [2.75, 3.05) is 33.3 Å². The van der Waals surface area contributed by atoms with Crippen molar-refractivity contribution >= 4 is 46.6 Å². The van der Waals surface area contributed by atoms with Crippen LogP contribution in [0.4, 0.5) is 0 Å². The Morgan fingerprint density at radius 1 is 1.11 bits per heavy atom. The zero-order valence-electron chi connectivity index (χ0n) is 16.5. The van der Waals surface area contributed by atoms with E-state index in [1.807, 2.05) is 24.0 Å². The number of hydrogen-bond acceptors (Lipinski definition) is 3. The van der Waals surface area contributed by atoms with Gasteiger partial charge in [0.2, 0.25) is 5.91 Å². The second-order valence-corrected chi connectivity index (χ2v) is 6.68. The van der Waals surface area contributed by atoms with Crippen LogP contribution in [-0.2, 0) is 11.3 Å². The maximum Gasteiger partial charge on any atom is 0.241 e. The second kappa shape index (κ2) is 11.1. The summed E-state index contributed by atoms with van der Waals surface area (Å²) < 4.78 is 5.27. The molecule has 0 bridgehead atoms. The standard InChI is InChI=1S/C21H28N4O2.HI/c1-3-22-21(24-15-20(26)25-10-4-5-11-25)23-14-16-6-7-18-13-19(27-2)9-8-17(18)12-16;/h6-9,12-13H,3-5,10-11,14-15H2,1-2H3,(H2,22,23,24);1H. The molecule has 0 atom stereocenters. The first-order chi connectivity index (χ1) is 13.2. The van der Waals surface area contributed by atoms with Crippen molar-refractivity contribution in [1.29, 1.82) is 0 Å². The number of nitrogens with zero attached hydrogens (tertiary/aromatic N) is 2. The van der Waals surface area contributed by atoms with E-state index in [1.165, 1.54) is 0 Å². The molecule has 2 aromatic rings. The van der Waals surface area contributed by atoms with Crippen molar-refractivity contribution in [2.24, 2.45) is 4.99 Å². The van der Waals surface area contributed by atoms with Gasteiger partial charge < -0.3 is 20.3 Å². The number of benzene rings is 2. The molecule has 1 aliphatic rings. The molecule has 1 aliphatic heterocycles. The van der Waals surface area contributed by atoms with Crippen LogP contribution in [0.2, 0.25) is 0 Å². The van der Waals surface area contributed by atoms with E-state index >= 15 is 0 Å². The molecule has 2 N–H and O–H groups in total. The molecule has 28 heavy (non-hydrogen) atoms. The third-order valence-electron chi connectivity index (χ3n) is 4.74. The Morgan fingerprint density at radius 2 is 1.82 bits per heavy atom. The van der Waals surface area contributed by atoms with Gasteiger partial charge in [-0.15, -0.1) is 24.0 Å². The Labute approximate surface area is 183 Å². The van der Waals surface area contributed by atoms with Crippen molar-refractivity contribution in [3.63, 3.8) is 0 Å². The molecule has 0 aromatic heterocycles. The number of rotatable bonds is 6. The number of hydrogen-bond donors (Lipinski definition) is 2. The summed E-state index contributed by atoms with van der Waals surface area (Å²) in [7, 11) is 1.67. The van der Waals surface area contributed by atoms with E-state index < -0.39 is 0 Å². The highest BCUT2D eigenvalue weighted by molar-refractivity contribution is 14.0. The maximum absolute atomic E-state index is 12.2. The fraction of sp³-hybridized carbons (Fsp3) is 0.429. The van der Waals surface area contributed by atoms with E-state index in [4.69, 9.17) is 4.74 Å². The number of carbonyl (C=O) groups excluding carboxylic acids is 1. The molecule has 152 valence electrons. The van der Waals surface area contributed by atoms with Crippen LogP contribution in [-0.4, -0.2) is 50.1 Å². The van der Waals surface area contributed by atoms with Gasteiger partial charge in [-0.25, -0.2) is 4.99 Å². The topological polar surface area (TPSA) is 66.0 Å². The molecule has 2 aromatic carbocycles. The Morgan fingerprint density at radius 3 is 2.54 bits per heavy atom. The van der Waals surface area contributed by atoms with Crippen LogP contribution in [0.1, 0.15) is 25.3 Å². The minimum Gasteiger partial charge on any atom is -0.497 e. The number of aliphatic imine (C=N–C) groups is 1. The lowest BCUT2D eigenvalue weighted by Crippen LogP contribution is -2.44. The highest BCUT2D eigenvalue weighted by atomic mass is 127. The number of fused-ring (bicyclic) bond motifs is 1. The SMILES string of the molecule is CCNC(=NCc1ccc2cc(OC)ccc2c1)NCC(=O)N1CCCC1.I. The summed E-state index contributed by atoms with van der Waals surface area (Å²) in [6, 6.07) is 12.3. The van der Waals surface area contributed by atoms with Gasteiger partial charge in [0.15, 0.2) is 5.96 Å². The largest absolute Gasteiger partial charge is 0.497 e. The fourth-order valence-electron chi connectivity index (χ4n) is 3.25. The molecular formula is C21H29IN4O2. The van der Waals surface area contributed by atoms with Crippen LogP contribution < -0.4 is 15.4 Å². The predicted octanol–water partition coefficient (Wildman–Crippen LogP) is 3.14. The highest BCUT2D eigenvalue weighted by Crippen LogP contribution is 2.22. The van der Waals surface area contributed by atoms with Gasteiger partial charge in [-0.2, -0.15) is 0 Å². The van der Waals surface area contributed by atoms with Crippen LogP contribution in [0.3, 0.4) is 0 Å². The predicted molar refractivity (Wildman–Crippen MR) is 125 cm³/mol. The molecule has 1 saturated heterocycles. The Balaban J connectivity index is 0.00000280. The zero-order chi connectivity index (χ0) is 19.1. The molecule has 0 radical (unpaired) electrons. The van der Waals surface area contributed by atoms with Crippen molar-refractivity contribution < 1.29 is 9.53 Å². The van der Waals surface area contributed by atoms with Crippen LogP contribution in [0, 0.1) is 0 Å². The van der Waals surface area contributed by atoms with E-state index in [0.29, 0.717) is 12.5 Å². The highest BCUT2D eigenvalue weighted by Gasteiger charge is 2.17. The first-order valence-electron chi connectivity index (χ1n) is 9.56. The summed E-state index contributed by atoms with van der Waals surface area (Å²) in [5.74, 6) is 1.66. The number of carbonyl (C=O) groups is 1. The third-order valence-corrected chi connectivity index (χ3v) is 4.74. The minimum absolute atomic E-state index is 0. The number of ether oxygens (including phenoxy) is 1. The zero-order valence-corrected chi connectivity index (χ0v) is 18.9. The Bertz CT molecular complexity index is 819. The van der Waals surface area contributed by atoms with Gasteiger partial charge in [-0.1, -0.05) is 18.2 Å². The van der Waals surface area contributed by atoms with Crippen molar-refractivity contribution in [1.82, 2.24) is 15.5 Å². The number of guanidine groups is 1. The van der Waals surface area contributed by atoms with Crippen LogP contribution >= 0.6 is 24.0 Å². The number of nitrogens with one attached hydrogen (secondary N) is 2. The van der Waals surface area contributed by atoms with E-state index in [-0.39, 0.29) is 36.4 Å². The first-order valence-corrected chi connectivity index (χ1v) is 9.56. The Hall–Kier alpha value is -2.03. The molecular weight excluding hydrogens is 467 g/mol. The van der Waals surface area contributed by atoms with Gasteiger partial charge in [0.05, 0.1) is 20.2 Å². The summed E-state index contributed by atoms with van der Waals surface area (Å²) in [6.45, 7) is 5.34. The lowest BCUT2D eigenvalue weighted by atomic mass is 10.1. The van der Waals surface area contributed by atoms with Crippen LogP contribution in [0.5, 0.6) is 5.75 Å². The molecule has 6 nitrogen and oxygen atoms in total. The normalized spacial score (nSPS) is 13.9. The molecule has 0 spiro atoms. The van der Waals surface area contributed by atoms with Gasteiger partial charge in [0, 0.05) is 19.6 Å². The molecule has 0 saturated carbocycles. The molecule has 1 heterocycles. The van der Waals surface area contributed by atoms with Gasteiger partial charge >= 0.3 is 0 Å². The van der Waals surface area contributed by atoms with E-state index in [9.17, 15) is 4.79 Å². The molecule has 0 aliphatic carbocycles. The van der Waals surface area contributed by atoms with E-state index in [2.05, 4.69) is 39.9 Å². The van der Waals surface area contributed by atoms with Crippen molar-refractivity contribution in [3.8, 4) is 5.75 Å².